The normalized spacial score (nSPS) is 6.00. The average Bonchev–Trinajstić information content (AvgIpc) is 1.33. The second-order valence-electron chi connectivity index (χ2n) is 0.464. The van der Waals surface area contributed by atoms with Crippen molar-refractivity contribution in [3.8, 4) is 0 Å². The van der Waals surface area contributed by atoms with E-state index in [0.717, 1.165) is 0 Å². The number of rotatable bonds is 0. The Morgan fingerprint density at radius 3 is 1.38 bits per heavy atom. The van der Waals surface area contributed by atoms with Crippen LogP contribution in [0, 0.1) is 6.92 Å². The Bertz CT molecular complexity index is 38.8. The Morgan fingerprint density at radius 1 is 1.38 bits per heavy atom. The van der Waals surface area contributed by atoms with Gasteiger partial charge in [-0.25, -0.2) is 19.6 Å². The van der Waals surface area contributed by atoms with Gasteiger partial charge in [-0.3, -0.25) is 0 Å². The summed E-state index contributed by atoms with van der Waals surface area (Å²) < 4.78 is 0. The summed E-state index contributed by atoms with van der Waals surface area (Å²) >= 11 is -1.62. The first kappa shape index (κ1) is 16.0. The van der Waals surface area contributed by atoms with Crippen molar-refractivity contribution in [2.24, 2.45) is 0 Å². The molecule has 0 fully saturated rings. The minimum Gasteiger partial charge on any atom is -0.693 e. The summed E-state index contributed by atoms with van der Waals surface area (Å²) in [6.07, 6.45) is 1.50. The van der Waals surface area contributed by atoms with Gasteiger partial charge < -0.3 is 6.15 Å². The second kappa shape index (κ2) is 15.7. The van der Waals surface area contributed by atoms with Crippen molar-refractivity contribution in [1.29, 1.82) is 0 Å². The molecule has 2 N–H and O–H groups in total. The van der Waals surface area contributed by atoms with Crippen molar-refractivity contribution in [2.45, 2.75) is 0 Å². The van der Waals surface area contributed by atoms with E-state index in [9.17, 15) is 0 Å². The van der Waals surface area contributed by atoms with E-state index in [1.807, 2.05) is 0 Å². The van der Waals surface area contributed by atoms with Crippen molar-refractivity contribution in [2.75, 3.05) is 0 Å². The monoisotopic (exact) mass is 214 g/mol. The summed E-state index contributed by atoms with van der Waals surface area (Å²) in [7, 11) is 14.8. The largest absolute Gasteiger partial charge is 0.693 e. The molecule has 1 nitrogen and oxygen atoms in total. The van der Waals surface area contributed by atoms with Crippen LogP contribution in [0.3, 0.4) is 0 Å². The number of allylic oxidation sites excluding steroid dienone is 1. The SMILES string of the molecule is C=C[CH2-].[Cl][Cr]([Cl])[Cl].[NH2-]. The number of nitrogens with two attached hydrogens (primary N) is 1. The molecule has 0 bridgehead atoms. The van der Waals surface area contributed by atoms with Crippen LogP contribution in [-0.4, -0.2) is 0 Å². The third-order valence-corrected chi connectivity index (χ3v) is 0. The van der Waals surface area contributed by atoms with Crippen LogP contribution >= 0.6 is 30.1 Å². The fraction of sp³-hybridized carbons (Fsp3) is 0. The average molecular weight is 215 g/mol. The molecule has 0 saturated heterocycles. The predicted molar refractivity (Wildman–Crippen MR) is 38.4 cm³/mol. The molecule has 0 aromatic heterocycles. The molecule has 8 heavy (non-hydrogen) atoms. The van der Waals surface area contributed by atoms with Crippen LogP contribution in [0.4, 0.5) is 0 Å². The third kappa shape index (κ3) is 263. The van der Waals surface area contributed by atoms with Gasteiger partial charge in [0.1, 0.15) is 0 Å². The molecule has 0 aromatic carbocycles. The fourth-order valence-corrected chi connectivity index (χ4v) is 0. The predicted octanol–water partition coefficient (Wildman–Crippen LogP) is 3.79. The fourth-order valence-electron chi connectivity index (χ4n) is 0. The summed E-state index contributed by atoms with van der Waals surface area (Å²) in [4.78, 5) is 0. The molecule has 0 rings (SSSR count). The summed E-state index contributed by atoms with van der Waals surface area (Å²) in [5.74, 6) is 0. The van der Waals surface area contributed by atoms with E-state index >= 15 is 0 Å². The van der Waals surface area contributed by atoms with Crippen molar-refractivity contribution < 1.29 is 11.4 Å². The molecule has 0 aliphatic heterocycles. The van der Waals surface area contributed by atoms with Gasteiger partial charge in [0, 0.05) is 0 Å². The maximum absolute atomic E-state index is 4.93. The molecule has 0 aliphatic carbocycles. The smallest absolute Gasteiger partial charge is 0.693 e. The first-order chi connectivity index (χ1) is 3.15. The summed E-state index contributed by atoms with van der Waals surface area (Å²) in [6, 6.07) is 0. The zero-order valence-corrected chi connectivity index (χ0v) is 7.65. The molecule has 0 atom stereocenters. The van der Waals surface area contributed by atoms with Crippen molar-refractivity contribution in [3.05, 3.63) is 25.7 Å². The van der Waals surface area contributed by atoms with Gasteiger partial charge in [-0.1, -0.05) is 0 Å². The summed E-state index contributed by atoms with van der Waals surface area (Å²) in [5.41, 5.74) is 0. The van der Waals surface area contributed by atoms with Crippen LogP contribution in [0.1, 0.15) is 0 Å². The topological polar surface area (TPSA) is 33.5 Å². The molecular weight excluding hydrogens is 208 g/mol. The molecular formula is C3H7Cl3CrN-2. The Kier molecular flexibility index (Phi) is 31.3. The summed E-state index contributed by atoms with van der Waals surface area (Å²) in [6.45, 7) is 6.50. The van der Waals surface area contributed by atoms with E-state index in [4.69, 9.17) is 30.1 Å². The Labute approximate surface area is 67.2 Å². The number of hydrogen-bond acceptors (Lipinski definition) is 0. The molecule has 53 valence electrons. The molecule has 0 aromatic rings. The van der Waals surface area contributed by atoms with E-state index in [1.54, 1.807) is 0 Å². The molecule has 0 unspecified atom stereocenters. The van der Waals surface area contributed by atoms with E-state index in [2.05, 4.69) is 13.5 Å². The van der Waals surface area contributed by atoms with Gasteiger partial charge in [-0.05, 0) is 0 Å². The molecule has 5 heteroatoms. The summed E-state index contributed by atoms with van der Waals surface area (Å²) in [5, 5.41) is 0. The van der Waals surface area contributed by atoms with E-state index in [-0.39, 0.29) is 6.15 Å². The van der Waals surface area contributed by atoms with Crippen LogP contribution in [0.5, 0.6) is 0 Å². The van der Waals surface area contributed by atoms with E-state index in [1.165, 1.54) is 6.08 Å². The molecule has 0 saturated carbocycles. The zero-order valence-electron chi connectivity index (χ0n) is 4.11. The maximum atomic E-state index is 4.93. The third-order valence-electron chi connectivity index (χ3n) is 0. The van der Waals surface area contributed by atoms with Gasteiger partial charge in [0.2, 0.25) is 0 Å². The van der Waals surface area contributed by atoms with Crippen molar-refractivity contribution >= 4 is 30.1 Å². The van der Waals surface area contributed by atoms with Crippen LogP contribution in [0.15, 0.2) is 12.7 Å². The minimum atomic E-state index is -1.62. The molecule has 0 spiro atoms. The zero-order chi connectivity index (χ0) is 6.28. The van der Waals surface area contributed by atoms with E-state index < -0.39 is 11.4 Å². The molecule has 0 radical (unpaired) electrons. The van der Waals surface area contributed by atoms with Crippen LogP contribution in [0.2, 0.25) is 0 Å². The van der Waals surface area contributed by atoms with Crippen LogP contribution < -0.4 is 0 Å². The Hall–Kier alpha value is 0.972. The minimum absolute atomic E-state index is 0. The quantitative estimate of drug-likeness (QED) is 0.551. The van der Waals surface area contributed by atoms with Crippen molar-refractivity contribution in [1.82, 2.24) is 0 Å². The molecule has 0 aliphatic rings. The van der Waals surface area contributed by atoms with Gasteiger partial charge in [-0.2, -0.15) is 0 Å². The molecule has 0 amide bonds. The van der Waals surface area contributed by atoms with Gasteiger partial charge in [0.15, 0.2) is 0 Å². The Morgan fingerprint density at radius 2 is 1.38 bits per heavy atom. The standard InChI is InChI=1S/C3H5.3ClH.Cr.H2N/c1-3-2;;;;;/h3H,1-2H2;3*1H;;1H2/q-1;;;;+3;-1/p-3. The van der Waals surface area contributed by atoms with E-state index in [0.29, 0.717) is 0 Å². The number of hydrogen-bond donors (Lipinski definition) is 0. The first-order valence-electron chi connectivity index (χ1n) is 1.28. The Balaban J connectivity index is -0.0000000575. The van der Waals surface area contributed by atoms with Gasteiger partial charge in [0.25, 0.3) is 0 Å². The van der Waals surface area contributed by atoms with Gasteiger partial charge in [0.05, 0.1) is 0 Å². The van der Waals surface area contributed by atoms with Crippen LogP contribution in [-0.2, 0) is 11.4 Å². The van der Waals surface area contributed by atoms with Gasteiger partial charge >= 0.3 is 41.5 Å². The van der Waals surface area contributed by atoms with Crippen molar-refractivity contribution in [3.63, 3.8) is 0 Å². The first-order valence-corrected chi connectivity index (χ1v) is 6.54. The second-order valence-corrected chi connectivity index (χ2v) is 6.78. The van der Waals surface area contributed by atoms with Crippen LogP contribution in [0.25, 0.3) is 6.15 Å². The van der Waals surface area contributed by atoms with Gasteiger partial charge in [-0.15, -0.1) is 0 Å². The molecule has 0 heterocycles. The number of halogens is 3. The maximum Gasteiger partial charge on any atom is -0.693 e.